The maximum absolute atomic E-state index is 12.5. The molecule has 76 valence electrons. The number of nitrogens with zero attached hydrogens (tertiary/aromatic N) is 3. The molecule has 0 bridgehead atoms. The smallest absolute Gasteiger partial charge is 0.249 e. The van der Waals surface area contributed by atoms with Gasteiger partial charge in [-0.3, -0.25) is 0 Å². The van der Waals surface area contributed by atoms with Gasteiger partial charge in [0.1, 0.15) is 11.8 Å². The van der Waals surface area contributed by atoms with E-state index < -0.39 is 6.43 Å². The first-order valence-corrected chi connectivity index (χ1v) is 4.15. The Labute approximate surface area is 85.6 Å². The zero-order valence-corrected chi connectivity index (χ0v) is 7.96. The van der Waals surface area contributed by atoms with Gasteiger partial charge in [-0.25, -0.2) is 13.8 Å². The first-order valence-electron chi connectivity index (χ1n) is 4.15. The summed E-state index contributed by atoms with van der Waals surface area (Å²) in [6, 6.07) is 4.95. The predicted octanol–water partition coefficient (Wildman–Crippen LogP) is 2.27. The van der Waals surface area contributed by atoms with Gasteiger partial charge in [-0.15, -0.1) is 0 Å². The Hall–Kier alpha value is -2.01. The lowest BCUT2D eigenvalue weighted by Crippen LogP contribution is -2.02. The van der Waals surface area contributed by atoms with E-state index in [-0.39, 0.29) is 28.9 Å². The standard InChI is InChI=1S/C10H7F2N3/c1-6-4-7(5-14)8(2-3-13)15-9(6)10(11)12/h4,10H,2H2,1H3. The van der Waals surface area contributed by atoms with Crippen LogP contribution < -0.4 is 0 Å². The van der Waals surface area contributed by atoms with E-state index in [1.54, 1.807) is 6.07 Å². The molecule has 15 heavy (non-hydrogen) atoms. The van der Waals surface area contributed by atoms with Crippen LogP contribution in [0.3, 0.4) is 0 Å². The van der Waals surface area contributed by atoms with E-state index >= 15 is 0 Å². The van der Waals surface area contributed by atoms with Crippen LogP contribution in [0.1, 0.15) is 28.9 Å². The van der Waals surface area contributed by atoms with E-state index in [0.29, 0.717) is 0 Å². The van der Waals surface area contributed by atoms with Crippen molar-refractivity contribution in [3.05, 3.63) is 28.6 Å². The second-order valence-corrected chi connectivity index (χ2v) is 2.93. The molecule has 1 rings (SSSR count). The number of aromatic nitrogens is 1. The van der Waals surface area contributed by atoms with E-state index in [4.69, 9.17) is 10.5 Å². The maximum Gasteiger partial charge on any atom is 0.280 e. The fourth-order valence-corrected chi connectivity index (χ4v) is 1.19. The van der Waals surface area contributed by atoms with Crippen molar-refractivity contribution in [3.63, 3.8) is 0 Å². The van der Waals surface area contributed by atoms with Crippen molar-refractivity contribution in [3.8, 4) is 12.1 Å². The molecule has 0 amide bonds. The van der Waals surface area contributed by atoms with E-state index in [0.717, 1.165) is 0 Å². The molecule has 0 aliphatic heterocycles. The van der Waals surface area contributed by atoms with Gasteiger partial charge >= 0.3 is 0 Å². The van der Waals surface area contributed by atoms with Crippen molar-refractivity contribution in [1.29, 1.82) is 10.5 Å². The molecule has 1 heterocycles. The Morgan fingerprint density at radius 1 is 1.47 bits per heavy atom. The van der Waals surface area contributed by atoms with Gasteiger partial charge < -0.3 is 0 Å². The summed E-state index contributed by atoms with van der Waals surface area (Å²) in [7, 11) is 0. The van der Waals surface area contributed by atoms with Crippen molar-refractivity contribution in [1.82, 2.24) is 4.98 Å². The first-order chi connectivity index (χ1) is 7.10. The Bertz CT molecular complexity index is 455. The zero-order chi connectivity index (χ0) is 11.4. The molecule has 0 saturated heterocycles. The normalized spacial score (nSPS) is 9.73. The van der Waals surface area contributed by atoms with E-state index in [1.807, 2.05) is 6.07 Å². The first kappa shape index (κ1) is 11.1. The number of nitriles is 2. The van der Waals surface area contributed by atoms with Crippen LogP contribution in [0.15, 0.2) is 6.07 Å². The largest absolute Gasteiger partial charge is 0.280 e. The summed E-state index contributed by atoms with van der Waals surface area (Å²) in [5, 5.41) is 17.2. The van der Waals surface area contributed by atoms with Crippen LogP contribution in [0.25, 0.3) is 0 Å². The van der Waals surface area contributed by atoms with E-state index in [9.17, 15) is 8.78 Å². The van der Waals surface area contributed by atoms with Crippen LogP contribution in [0.4, 0.5) is 8.78 Å². The van der Waals surface area contributed by atoms with Crippen LogP contribution in [0.2, 0.25) is 0 Å². The van der Waals surface area contributed by atoms with Crippen molar-refractivity contribution in [2.45, 2.75) is 19.8 Å². The van der Waals surface area contributed by atoms with Crippen molar-refractivity contribution >= 4 is 0 Å². The maximum atomic E-state index is 12.5. The van der Waals surface area contributed by atoms with Gasteiger partial charge in [0, 0.05) is 0 Å². The van der Waals surface area contributed by atoms with Gasteiger partial charge in [0.15, 0.2) is 0 Å². The van der Waals surface area contributed by atoms with Gasteiger partial charge in [0.2, 0.25) is 0 Å². The zero-order valence-electron chi connectivity index (χ0n) is 7.96. The SMILES string of the molecule is Cc1cc(C#N)c(CC#N)nc1C(F)F. The lowest BCUT2D eigenvalue weighted by atomic mass is 10.1. The van der Waals surface area contributed by atoms with Crippen LogP contribution in [-0.4, -0.2) is 4.98 Å². The Morgan fingerprint density at radius 2 is 2.13 bits per heavy atom. The van der Waals surface area contributed by atoms with E-state index in [1.165, 1.54) is 13.0 Å². The molecule has 0 fully saturated rings. The third kappa shape index (κ3) is 2.26. The predicted molar refractivity (Wildman–Crippen MR) is 48.0 cm³/mol. The van der Waals surface area contributed by atoms with Crippen molar-refractivity contribution in [2.75, 3.05) is 0 Å². The fourth-order valence-electron chi connectivity index (χ4n) is 1.19. The van der Waals surface area contributed by atoms with Crippen LogP contribution in [0.5, 0.6) is 0 Å². The topological polar surface area (TPSA) is 60.5 Å². The molecule has 0 aliphatic carbocycles. The molecule has 0 N–H and O–H groups in total. The summed E-state index contributed by atoms with van der Waals surface area (Å²) >= 11 is 0. The van der Waals surface area contributed by atoms with Crippen LogP contribution in [-0.2, 0) is 6.42 Å². The summed E-state index contributed by atoms with van der Waals surface area (Å²) < 4.78 is 24.9. The molecule has 0 atom stereocenters. The number of pyridine rings is 1. The van der Waals surface area contributed by atoms with Crippen LogP contribution >= 0.6 is 0 Å². The Morgan fingerprint density at radius 3 is 2.60 bits per heavy atom. The molecule has 0 radical (unpaired) electrons. The van der Waals surface area contributed by atoms with Gasteiger partial charge in [-0.05, 0) is 18.6 Å². The third-order valence-electron chi connectivity index (χ3n) is 1.90. The molecular weight excluding hydrogens is 200 g/mol. The quantitative estimate of drug-likeness (QED) is 0.747. The lowest BCUT2D eigenvalue weighted by Gasteiger charge is -2.06. The Balaban J connectivity index is 3.33. The molecule has 1 aromatic heterocycles. The van der Waals surface area contributed by atoms with Gasteiger partial charge in [0.25, 0.3) is 6.43 Å². The molecule has 1 aromatic rings. The highest BCUT2D eigenvalue weighted by molar-refractivity contribution is 5.39. The minimum atomic E-state index is -2.69. The second kappa shape index (κ2) is 4.47. The second-order valence-electron chi connectivity index (χ2n) is 2.93. The number of alkyl halides is 2. The number of hydrogen-bond acceptors (Lipinski definition) is 3. The van der Waals surface area contributed by atoms with Gasteiger partial charge in [0.05, 0.1) is 23.7 Å². The van der Waals surface area contributed by atoms with Crippen molar-refractivity contribution < 1.29 is 8.78 Å². The summed E-state index contributed by atoms with van der Waals surface area (Å²) in [5.74, 6) is 0. The van der Waals surface area contributed by atoms with Gasteiger partial charge in [-0.2, -0.15) is 10.5 Å². The average Bonchev–Trinajstić information content (AvgIpc) is 2.20. The summed E-state index contributed by atoms with van der Waals surface area (Å²) in [5.41, 5.74) is 0.196. The molecule has 0 unspecified atom stereocenters. The molecule has 3 nitrogen and oxygen atoms in total. The summed E-state index contributed by atoms with van der Waals surface area (Å²) in [6.07, 6.45) is -2.82. The number of rotatable bonds is 2. The molecule has 0 saturated carbocycles. The minimum Gasteiger partial charge on any atom is -0.249 e. The van der Waals surface area contributed by atoms with Crippen LogP contribution in [0, 0.1) is 29.6 Å². The summed E-state index contributed by atoms with van der Waals surface area (Å²) in [4.78, 5) is 3.64. The highest BCUT2D eigenvalue weighted by atomic mass is 19.3. The van der Waals surface area contributed by atoms with Crippen molar-refractivity contribution in [2.24, 2.45) is 0 Å². The fraction of sp³-hybridized carbons (Fsp3) is 0.300. The molecule has 5 heteroatoms. The lowest BCUT2D eigenvalue weighted by molar-refractivity contribution is 0.145. The molecular formula is C10H7F2N3. The minimum absolute atomic E-state index is 0.112. The molecule has 0 aromatic carbocycles. The average molecular weight is 207 g/mol. The third-order valence-corrected chi connectivity index (χ3v) is 1.90. The number of hydrogen-bond donors (Lipinski definition) is 0. The van der Waals surface area contributed by atoms with E-state index in [2.05, 4.69) is 4.98 Å². The van der Waals surface area contributed by atoms with Gasteiger partial charge in [-0.1, -0.05) is 0 Å². The number of aryl methyl sites for hydroxylation is 1. The Kier molecular flexibility index (Phi) is 3.30. The monoisotopic (exact) mass is 207 g/mol. The summed E-state index contributed by atoms with van der Waals surface area (Å²) in [6.45, 7) is 1.46. The number of halogens is 2. The highest BCUT2D eigenvalue weighted by Crippen LogP contribution is 2.22. The molecule has 0 aliphatic rings. The molecule has 0 spiro atoms. The highest BCUT2D eigenvalue weighted by Gasteiger charge is 2.16.